The zero-order chi connectivity index (χ0) is 54.3. The number of hydrogen-bond donors (Lipinski definition) is 0. The van der Waals surface area contributed by atoms with Gasteiger partial charge in [0.2, 0.25) is 17.7 Å². The number of nitrogens with zero attached hydrogens (tertiary/aromatic N) is 13. The van der Waals surface area contributed by atoms with Gasteiger partial charge in [-0.3, -0.25) is 24.3 Å². The van der Waals surface area contributed by atoms with E-state index in [9.17, 15) is 33.7 Å². The molecule has 0 aliphatic heterocycles. The molecule has 0 unspecified atom stereocenters. The first-order valence-electron chi connectivity index (χ1n) is 20.0. The lowest BCUT2D eigenvalue weighted by atomic mass is 10.1. The molecule has 31 heteroatoms. The van der Waals surface area contributed by atoms with Crippen LogP contribution in [-0.2, 0) is 32.8 Å². The van der Waals surface area contributed by atoms with Crippen molar-refractivity contribution >= 4 is 79.5 Å². The third kappa shape index (κ3) is 17.6. The Hall–Kier alpha value is -7.05. The topological polar surface area (TPSA) is 305 Å². The number of ketones is 1. The number of hydrogen-bond acceptors (Lipinski definition) is 19. The molecule has 0 saturated carbocycles. The summed E-state index contributed by atoms with van der Waals surface area (Å²) in [5.41, 5.74) is 5.55. The van der Waals surface area contributed by atoms with E-state index in [1.54, 1.807) is 82.2 Å². The van der Waals surface area contributed by atoms with Crippen molar-refractivity contribution in [2.24, 2.45) is 28.2 Å². The van der Waals surface area contributed by atoms with Crippen LogP contribution in [0.15, 0.2) is 123 Å². The van der Waals surface area contributed by atoms with Crippen molar-refractivity contribution in [3.05, 3.63) is 171 Å². The van der Waals surface area contributed by atoms with Gasteiger partial charge >= 0.3 is 28.2 Å². The SMILES string of the molecule is CC(=O)c1ccncc1Cl.Cc1c(-c2nn(C)c(=O)o2)ccnc1Cl.Cc1c[n+]([O-])ccc1-c1nn(C)c(=O)o1.Cc1cnccc1-c1nn(C)c(=O)o1.Cn1nc(-c2ccncc2Cl)oc1=O.O=P(Cl)(Cl)Cl. The maximum atomic E-state index is 11.1. The summed E-state index contributed by atoms with van der Waals surface area (Å²) in [5.74, 6) is -1.04. The highest BCUT2D eigenvalue weighted by atomic mass is 36.0. The quantitative estimate of drug-likeness (QED) is 0.0518. The smallest absolute Gasteiger partial charge is 0.437 e. The Kier molecular flexibility index (Phi) is 21.3. The van der Waals surface area contributed by atoms with Gasteiger partial charge in [0.25, 0.3) is 5.89 Å². The Morgan fingerprint density at radius 3 is 1.34 bits per heavy atom. The first-order valence-corrected chi connectivity index (χ1v) is 25.6. The molecule has 384 valence electrons. The Morgan fingerprint density at radius 2 is 0.959 bits per heavy atom. The largest absolute Gasteiger partial charge is 0.619 e. The molecular weight excluding hydrogens is 1110 g/mol. The van der Waals surface area contributed by atoms with Crippen LogP contribution >= 0.6 is 73.7 Å². The number of aromatic nitrogens is 13. The van der Waals surface area contributed by atoms with E-state index in [4.69, 9.17) is 52.5 Å². The van der Waals surface area contributed by atoms with Gasteiger partial charge in [-0.15, -0.1) is 20.4 Å². The van der Waals surface area contributed by atoms with Gasteiger partial charge in [0, 0.05) is 99.9 Å². The molecule has 0 spiro atoms. The summed E-state index contributed by atoms with van der Waals surface area (Å²) in [6.07, 6.45) is 13.6. The fraction of sp³-hybridized carbons (Fsp3) is 0.190. The Bertz CT molecular complexity index is 3530. The third-order valence-corrected chi connectivity index (χ3v) is 9.88. The van der Waals surface area contributed by atoms with E-state index in [0.717, 1.165) is 35.4 Å². The maximum absolute atomic E-state index is 11.1. The van der Waals surface area contributed by atoms with E-state index in [1.165, 1.54) is 52.9 Å². The third-order valence-electron chi connectivity index (χ3n) is 8.90. The number of Topliss-reactive ketones (excluding diaryl/α,β-unsaturated/α-hetero) is 1. The summed E-state index contributed by atoms with van der Waals surface area (Å²) in [4.78, 5) is 70.4. The van der Waals surface area contributed by atoms with Crippen molar-refractivity contribution in [1.82, 2.24) is 59.1 Å². The van der Waals surface area contributed by atoms with Crippen LogP contribution in [0.1, 0.15) is 34.0 Å². The molecule has 0 bridgehead atoms. The highest BCUT2D eigenvalue weighted by Gasteiger charge is 2.15. The molecule has 9 heterocycles. The first-order chi connectivity index (χ1) is 34.2. The van der Waals surface area contributed by atoms with Gasteiger partial charge in [0.05, 0.1) is 21.2 Å². The number of rotatable bonds is 5. The van der Waals surface area contributed by atoms with Crippen molar-refractivity contribution in [3.8, 4) is 45.8 Å². The van der Waals surface area contributed by atoms with E-state index in [2.05, 4.69) is 74.1 Å². The van der Waals surface area contributed by atoms with Gasteiger partial charge in [-0.05, 0) is 96.8 Å². The fourth-order valence-electron chi connectivity index (χ4n) is 5.31. The number of halogens is 6. The molecule has 0 fully saturated rings. The number of carbonyl (C=O) groups is 1. The fourth-order valence-corrected chi connectivity index (χ4v) is 5.92. The molecule has 73 heavy (non-hydrogen) atoms. The first kappa shape index (κ1) is 58.5. The molecule has 0 atom stereocenters. The van der Waals surface area contributed by atoms with E-state index in [1.807, 2.05) is 6.92 Å². The molecule has 0 radical (unpaired) electrons. The van der Waals surface area contributed by atoms with Crippen LogP contribution in [-0.4, -0.2) is 64.8 Å². The highest BCUT2D eigenvalue weighted by Crippen LogP contribution is 2.61. The van der Waals surface area contributed by atoms with Crippen molar-refractivity contribution in [2.75, 3.05) is 0 Å². The summed E-state index contributed by atoms with van der Waals surface area (Å²) in [6.45, 7) is 6.90. The molecule has 0 aliphatic carbocycles. The van der Waals surface area contributed by atoms with Crippen molar-refractivity contribution in [1.29, 1.82) is 0 Å². The summed E-state index contributed by atoms with van der Waals surface area (Å²) in [5, 5.41) is 24.6. The minimum Gasteiger partial charge on any atom is -0.619 e. The molecule has 9 aromatic rings. The molecular formula is C42H38Cl6N13O11P. The second-order valence-electron chi connectivity index (χ2n) is 14.2. The standard InChI is InChI=1S/C9H8ClN3O2.C9H9N3O3.C9H9N3O2.C8H6ClN3O2.C7H6ClNO.Cl3OP/c1-5-6(3-4-11-7(5)10)8-12-13(2)9(14)15-8;1-6-5-12(14)4-3-7(6)8-10-11(2)9(13)15-8;1-6-5-10-4-3-7(6)8-11-12(2)9(13)14-8;1-12-8(13)14-7(11-12)5-2-3-10-4-6(5)9;1-5(10)6-2-3-9-4-7(6)8;1-5(2,3)4/h3-4H,1-2H3;3-5H,1-2H3;3-5H,1-2H3;2-4H,1H3;2-4H,1H3;. The van der Waals surface area contributed by atoms with Crippen LogP contribution in [0.25, 0.3) is 45.8 Å². The molecule has 0 saturated heterocycles. The Labute approximate surface area is 440 Å². The zero-order valence-electron chi connectivity index (χ0n) is 39.1. The highest BCUT2D eigenvalue weighted by molar-refractivity contribution is 8.24. The number of pyridine rings is 5. The van der Waals surface area contributed by atoms with Gasteiger partial charge in [0.1, 0.15) is 5.15 Å². The Morgan fingerprint density at radius 1 is 0.575 bits per heavy atom. The second kappa shape index (κ2) is 26.6. The second-order valence-corrected chi connectivity index (χ2v) is 22.0. The van der Waals surface area contributed by atoms with Crippen molar-refractivity contribution in [2.45, 2.75) is 27.7 Å². The molecule has 0 N–H and O–H groups in total. The monoisotopic (exact) mass is 1140 g/mol. The summed E-state index contributed by atoms with van der Waals surface area (Å²) in [7, 11) is 6.07. The molecule has 0 aliphatic rings. The van der Waals surface area contributed by atoms with Gasteiger partial charge in [-0.1, -0.05) is 34.8 Å². The molecule has 9 rings (SSSR count). The minimum atomic E-state index is -3.22. The molecule has 0 aromatic carbocycles. The van der Waals surface area contributed by atoms with Crippen LogP contribution in [0.3, 0.4) is 0 Å². The van der Waals surface area contributed by atoms with Gasteiger partial charge < -0.3 is 22.9 Å². The Balaban J connectivity index is 0.000000194. The van der Waals surface area contributed by atoms with Crippen LogP contribution in [0, 0.1) is 26.0 Å². The van der Waals surface area contributed by atoms with Gasteiger partial charge in [-0.2, -0.15) is 23.5 Å². The average Bonchev–Trinajstić information content (AvgIpc) is 4.05. The number of aryl methyl sites for hydroxylation is 6. The lowest BCUT2D eigenvalue weighted by molar-refractivity contribution is -0.605. The van der Waals surface area contributed by atoms with Crippen LogP contribution in [0.4, 0.5) is 0 Å². The predicted molar refractivity (Wildman–Crippen MR) is 270 cm³/mol. The van der Waals surface area contributed by atoms with E-state index < -0.39 is 28.2 Å². The van der Waals surface area contributed by atoms with Gasteiger partial charge in [0.15, 0.2) is 18.2 Å². The maximum Gasteiger partial charge on any atom is 0.437 e. The van der Waals surface area contributed by atoms with Crippen molar-refractivity contribution < 1.29 is 31.8 Å². The van der Waals surface area contributed by atoms with E-state index >= 15 is 0 Å². The molecule has 9 aromatic heterocycles. The molecule has 24 nitrogen and oxygen atoms in total. The summed E-state index contributed by atoms with van der Waals surface area (Å²) in [6, 6.07) is 8.26. The summed E-state index contributed by atoms with van der Waals surface area (Å²) >= 11 is 31.2. The predicted octanol–water partition coefficient (Wildman–Crippen LogP) is 7.96. The number of carbonyl (C=O) groups excluding carboxylic acids is 1. The normalized spacial score (nSPS) is 10.4. The zero-order valence-corrected chi connectivity index (χ0v) is 44.5. The lowest BCUT2D eigenvalue weighted by Crippen LogP contribution is -2.24. The van der Waals surface area contributed by atoms with Crippen LogP contribution < -0.4 is 27.8 Å². The van der Waals surface area contributed by atoms with Crippen LogP contribution in [0.5, 0.6) is 0 Å². The molecule has 0 amide bonds. The van der Waals surface area contributed by atoms with E-state index in [-0.39, 0.29) is 23.5 Å². The van der Waals surface area contributed by atoms with E-state index in [0.29, 0.717) is 53.6 Å². The summed E-state index contributed by atoms with van der Waals surface area (Å²) < 4.78 is 34.4. The lowest BCUT2D eigenvalue weighted by Gasteiger charge is -2.00. The van der Waals surface area contributed by atoms with Crippen LogP contribution in [0.2, 0.25) is 15.2 Å². The van der Waals surface area contributed by atoms with Gasteiger partial charge in [-0.25, -0.2) is 24.2 Å². The van der Waals surface area contributed by atoms with Crippen molar-refractivity contribution in [3.63, 3.8) is 0 Å². The average molecular weight is 1140 g/mol. The minimum absolute atomic E-state index is 0.0348.